The van der Waals surface area contributed by atoms with Crippen molar-refractivity contribution in [3.8, 4) is 10.6 Å². The lowest BCUT2D eigenvalue weighted by molar-refractivity contribution is -0.137. The van der Waals surface area contributed by atoms with E-state index in [1.54, 1.807) is 17.4 Å². The highest BCUT2D eigenvalue weighted by molar-refractivity contribution is 7.98. The Labute approximate surface area is 151 Å². The second-order valence-electron chi connectivity index (χ2n) is 5.39. The molecule has 0 amide bonds. The molecule has 0 unspecified atom stereocenters. The number of aryl methyl sites for hydroxylation is 2. The van der Waals surface area contributed by atoms with Crippen molar-refractivity contribution >= 4 is 23.1 Å². The number of hydrogen-bond acceptors (Lipinski definition) is 5. The summed E-state index contributed by atoms with van der Waals surface area (Å²) in [6.07, 6.45) is -4.33. The fourth-order valence-electron chi connectivity index (χ4n) is 2.28. The van der Waals surface area contributed by atoms with E-state index in [0.717, 1.165) is 33.4 Å². The first-order chi connectivity index (χ1) is 11.8. The monoisotopic (exact) mass is 381 g/mol. The van der Waals surface area contributed by atoms with Crippen LogP contribution in [0.4, 0.5) is 13.2 Å². The summed E-state index contributed by atoms with van der Waals surface area (Å²) >= 11 is 2.91. The van der Waals surface area contributed by atoms with Gasteiger partial charge in [-0.05, 0) is 37.6 Å². The summed E-state index contributed by atoms with van der Waals surface area (Å²) in [5, 5.41) is 10.0. The summed E-state index contributed by atoms with van der Waals surface area (Å²) in [6, 6.07) is 9.02. The maximum absolute atomic E-state index is 12.7. The zero-order valence-corrected chi connectivity index (χ0v) is 15.1. The molecule has 0 spiro atoms. The van der Waals surface area contributed by atoms with Crippen LogP contribution in [0.2, 0.25) is 0 Å². The molecule has 3 rings (SSSR count). The van der Waals surface area contributed by atoms with Crippen molar-refractivity contribution in [2.45, 2.75) is 30.8 Å². The highest BCUT2D eigenvalue weighted by Crippen LogP contribution is 2.32. The Kier molecular flexibility index (Phi) is 5.10. The lowest BCUT2D eigenvalue weighted by Gasteiger charge is -2.08. The second kappa shape index (κ2) is 7.13. The summed E-state index contributed by atoms with van der Waals surface area (Å²) < 4.78 is 38.2. The number of aromatic nitrogens is 3. The van der Waals surface area contributed by atoms with Crippen molar-refractivity contribution < 1.29 is 13.2 Å². The van der Waals surface area contributed by atoms with Crippen LogP contribution in [0.15, 0.2) is 41.4 Å². The summed E-state index contributed by atoms with van der Waals surface area (Å²) in [5.74, 6) is 0.399. The third-order valence-corrected chi connectivity index (χ3v) is 5.50. The van der Waals surface area contributed by atoms with E-state index in [1.807, 2.05) is 26.0 Å². The molecule has 0 N–H and O–H groups in total. The highest BCUT2D eigenvalue weighted by atomic mass is 32.2. The van der Waals surface area contributed by atoms with Crippen molar-refractivity contribution in [3.63, 3.8) is 0 Å². The van der Waals surface area contributed by atoms with E-state index in [1.165, 1.54) is 17.8 Å². The first-order valence-corrected chi connectivity index (χ1v) is 9.20. The van der Waals surface area contributed by atoms with Crippen molar-refractivity contribution in [2.24, 2.45) is 0 Å². The minimum absolute atomic E-state index is 0.399. The zero-order chi connectivity index (χ0) is 18.0. The van der Waals surface area contributed by atoms with Crippen LogP contribution < -0.4 is 0 Å². The van der Waals surface area contributed by atoms with E-state index in [9.17, 15) is 13.2 Å². The Hall–Kier alpha value is -1.93. The van der Waals surface area contributed by atoms with E-state index in [2.05, 4.69) is 15.2 Å². The number of thioether (sulfide) groups is 1. The summed E-state index contributed by atoms with van der Waals surface area (Å²) in [4.78, 5) is 5.35. The van der Waals surface area contributed by atoms with Crippen molar-refractivity contribution in [1.82, 2.24) is 15.2 Å². The van der Waals surface area contributed by atoms with Crippen LogP contribution in [0.25, 0.3) is 10.6 Å². The van der Waals surface area contributed by atoms with Crippen LogP contribution in [0.3, 0.4) is 0 Å². The molecule has 25 heavy (non-hydrogen) atoms. The Morgan fingerprint density at radius 2 is 1.88 bits per heavy atom. The summed E-state index contributed by atoms with van der Waals surface area (Å²) in [5.41, 5.74) is 1.63. The molecule has 1 aromatic carbocycles. The molecule has 130 valence electrons. The number of halogens is 3. The summed E-state index contributed by atoms with van der Waals surface area (Å²) in [6.45, 7) is 3.87. The number of alkyl halides is 3. The molecule has 0 aliphatic rings. The smallest absolute Gasteiger partial charge is 0.246 e. The van der Waals surface area contributed by atoms with Crippen LogP contribution in [0, 0.1) is 13.8 Å². The van der Waals surface area contributed by atoms with Crippen molar-refractivity contribution in [1.29, 1.82) is 0 Å². The number of rotatable bonds is 4. The quantitative estimate of drug-likeness (QED) is 0.557. The maximum Gasteiger partial charge on any atom is 0.416 e. The maximum atomic E-state index is 12.7. The van der Waals surface area contributed by atoms with E-state index in [-0.39, 0.29) is 0 Å². The van der Waals surface area contributed by atoms with E-state index >= 15 is 0 Å². The highest BCUT2D eigenvalue weighted by Gasteiger charge is 2.30. The number of nitrogens with zero attached hydrogens (tertiary/aromatic N) is 3. The molecule has 0 atom stereocenters. The molecule has 0 radical (unpaired) electrons. The van der Waals surface area contributed by atoms with Gasteiger partial charge in [0.2, 0.25) is 0 Å². The third-order valence-electron chi connectivity index (χ3n) is 3.42. The Balaban J connectivity index is 1.69. The van der Waals surface area contributed by atoms with Gasteiger partial charge in [-0.3, -0.25) is 0 Å². The SMILES string of the molecule is Cc1nc(C)c(-c2ccc(SCc3cccc(C(F)(F)F)c3)nn2)s1. The van der Waals surface area contributed by atoms with Crippen molar-refractivity contribution in [3.05, 3.63) is 58.2 Å². The molecule has 0 bridgehead atoms. The van der Waals surface area contributed by atoms with Gasteiger partial charge in [0.15, 0.2) is 0 Å². The normalized spacial score (nSPS) is 11.7. The Bertz CT molecular complexity index is 874. The fourth-order valence-corrected chi connectivity index (χ4v) is 3.92. The van der Waals surface area contributed by atoms with Gasteiger partial charge in [0.1, 0.15) is 10.7 Å². The van der Waals surface area contributed by atoms with Crippen LogP contribution in [0.5, 0.6) is 0 Å². The molecule has 2 heterocycles. The minimum Gasteiger partial charge on any atom is -0.246 e. The number of hydrogen-bond donors (Lipinski definition) is 0. The van der Waals surface area contributed by atoms with E-state index in [4.69, 9.17) is 0 Å². The molecule has 2 aromatic heterocycles. The third kappa shape index (κ3) is 4.38. The Morgan fingerprint density at radius 3 is 2.48 bits per heavy atom. The first-order valence-electron chi connectivity index (χ1n) is 7.40. The number of benzene rings is 1. The molecule has 0 aliphatic carbocycles. The van der Waals surface area contributed by atoms with Gasteiger partial charge >= 0.3 is 6.18 Å². The molecule has 8 heteroatoms. The molecule has 0 saturated heterocycles. The van der Waals surface area contributed by atoms with Gasteiger partial charge < -0.3 is 0 Å². The average molecular weight is 381 g/mol. The molecule has 0 fully saturated rings. The lowest BCUT2D eigenvalue weighted by Crippen LogP contribution is -2.04. The first kappa shape index (κ1) is 17.9. The van der Waals surface area contributed by atoms with Gasteiger partial charge in [0.25, 0.3) is 0 Å². The van der Waals surface area contributed by atoms with Crippen LogP contribution in [-0.2, 0) is 11.9 Å². The van der Waals surface area contributed by atoms with Gasteiger partial charge in [-0.15, -0.1) is 21.5 Å². The molecule has 0 saturated carbocycles. The largest absolute Gasteiger partial charge is 0.416 e. The molecule has 3 aromatic rings. The minimum atomic E-state index is -4.33. The van der Waals surface area contributed by atoms with Gasteiger partial charge in [-0.1, -0.05) is 30.0 Å². The van der Waals surface area contributed by atoms with Crippen molar-refractivity contribution in [2.75, 3.05) is 0 Å². The lowest BCUT2D eigenvalue weighted by atomic mass is 10.1. The average Bonchev–Trinajstić information content (AvgIpc) is 2.91. The van der Waals surface area contributed by atoms with Gasteiger partial charge in [-0.2, -0.15) is 13.2 Å². The van der Waals surface area contributed by atoms with E-state index in [0.29, 0.717) is 16.3 Å². The van der Waals surface area contributed by atoms with Crippen LogP contribution in [-0.4, -0.2) is 15.2 Å². The molecule has 3 nitrogen and oxygen atoms in total. The fraction of sp³-hybridized carbons (Fsp3) is 0.235. The van der Waals surface area contributed by atoms with Gasteiger partial charge in [0, 0.05) is 5.75 Å². The predicted octanol–water partition coefficient (Wildman–Crippen LogP) is 5.53. The van der Waals surface area contributed by atoms with Gasteiger partial charge in [-0.25, -0.2) is 4.98 Å². The predicted molar refractivity (Wildman–Crippen MR) is 93.6 cm³/mol. The van der Waals surface area contributed by atoms with Crippen LogP contribution in [0.1, 0.15) is 21.8 Å². The van der Waals surface area contributed by atoms with Gasteiger partial charge in [0.05, 0.1) is 21.1 Å². The Morgan fingerprint density at radius 1 is 1.08 bits per heavy atom. The molecule has 0 aliphatic heterocycles. The van der Waals surface area contributed by atoms with Crippen LogP contribution >= 0.6 is 23.1 Å². The standard InChI is InChI=1S/C17H14F3N3S2/c1-10-16(25-11(2)21-10)14-6-7-15(23-22-14)24-9-12-4-3-5-13(8-12)17(18,19)20/h3-8H,9H2,1-2H3. The number of thiazole rings is 1. The van der Waals surface area contributed by atoms with E-state index < -0.39 is 11.7 Å². The molecular formula is C17H14F3N3S2. The molecular weight excluding hydrogens is 367 g/mol. The second-order valence-corrected chi connectivity index (χ2v) is 7.59. The zero-order valence-electron chi connectivity index (χ0n) is 13.5. The summed E-state index contributed by atoms with van der Waals surface area (Å²) in [7, 11) is 0. The topological polar surface area (TPSA) is 38.7 Å².